The van der Waals surface area contributed by atoms with Gasteiger partial charge in [0.2, 0.25) is 0 Å². The number of carbonyl (C=O) groups excluding carboxylic acids is 1. The van der Waals surface area contributed by atoms with E-state index in [9.17, 15) is 4.79 Å². The van der Waals surface area contributed by atoms with Crippen molar-refractivity contribution in [3.63, 3.8) is 0 Å². The second kappa shape index (κ2) is 5.84. The van der Waals surface area contributed by atoms with E-state index >= 15 is 0 Å². The molecule has 1 aliphatic heterocycles. The van der Waals surface area contributed by atoms with Crippen LogP contribution < -0.4 is 5.73 Å². The van der Waals surface area contributed by atoms with Crippen LogP contribution in [-0.2, 0) is 9.47 Å². The van der Waals surface area contributed by atoms with Gasteiger partial charge < -0.3 is 20.1 Å². The lowest BCUT2D eigenvalue weighted by Crippen LogP contribution is -2.42. The minimum Gasteiger partial charge on any atom is -0.459 e. The Balaban J connectivity index is 1.82. The Morgan fingerprint density at radius 3 is 2.89 bits per heavy atom. The summed E-state index contributed by atoms with van der Waals surface area (Å²) in [7, 11) is 2.03. The Kier molecular flexibility index (Phi) is 4.17. The molecule has 2 N–H and O–H groups in total. The van der Waals surface area contributed by atoms with E-state index in [-0.39, 0.29) is 18.7 Å². The first kappa shape index (κ1) is 12.9. The highest BCUT2D eigenvalue weighted by Crippen LogP contribution is 2.09. The number of anilines is 1. The molecule has 1 saturated heterocycles. The van der Waals surface area contributed by atoms with E-state index in [1.807, 2.05) is 7.05 Å². The molecular weight excluding hydrogens is 232 g/mol. The first-order valence-corrected chi connectivity index (χ1v) is 5.98. The summed E-state index contributed by atoms with van der Waals surface area (Å²) < 4.78 is 10.7. The molecule has 0 aliphatic carbocycles. The van der Waals surface area contributed by atoms with Gasteiger partial charge in [0.05, 0.1) is 12.2 Å². The Bertz CT molecular complexity index is 405. The molecule has 1 aliphatic rings. The number of hydrogen-bond donors (Lipinski definition) is 1. The van der Waals surface area contributed by atoms with Crippen molar-refractivity contribution >= 4 is 11.7 Å². The van der Waals surface area contributed by atoms with Gasteiger partial charge in [0.15, 0.2) is 0 Å². The van der Waals surface area contributed by atoms with Crippen molar-refractivity contribution in [3.05, 3.63) is 29.8 Å². The van der Waals surface area contributed by atoms with Crippen molar-refractivity contribution in [3.8, 4) is 0 Å². The Hall–Kier alpha value is -1.59. The summed E-state index contributed by atoms with van der Waals surface area (Å²) >= 11 is 0. The molecule has 0 amide bonds. The van der Waals surface area contributed by atoms with Crippen molar-refractivity contribution in [2.24, 2.45) is 0 Å². The number of nitrogens with zero attached hydrogens (tertiary/aromatic N) is 1. The van der Waals surface area contributed by atoms with E-state index in [0.717, 1.165) is 13.1 Å². The van der Waals surface area contributed by atoms with Crippen LogP contribution >= 0.6 is 0 Å². The molecular formula is C13H18N2O3. The van der Waals surface area contributed by atoms with Gasteiger partial charge in [0.25, 0.3) is 0 Å². The zero-order chi connectivity index (χ0) is 13.0. The van der Waals surface area contributed by atoms with E-state index < -0.39 is 0 Å². The number of nitrogen functional groups attached to an aromatic ring is 1. The average molecular weight is 250 g/mol. The summed E-state index contributed by atoms with van der Waals surface area (Å²) in [6.07, 6.45) is -0.0403. The molecule has 1 atom stereocenters. The Morgan fingerprint density at radius 2 is 2.22 bits per heavy atom. The Labute approximate surface area is 106 Å². The van der Waals surface area contributed by atoms with Gasteiger partial charge in [-0.15, -0.1) is 0 Å². The number of likely N-dealkylation sites (N-methyl/N-ethyl adjacent to an activating group) is 1. The third-order valence-corrected chi connectivity index (χ3v) is 2.89. The number of morpholine rings is 1. The maximum absolute atomic E-state index is 11.7. The number of ether oxygens (including phenoxy) is 2. The number of esters is 1. The van der Waals surface area contributed by atoms with Crippen LogP contribution in [0.3, 0.4) is 0 Å². The first-order chi connectivity index (χ1) is 8.65. The second-order valence-electron chi connectivity index (χ2n) is 4.48. The van der Waals surface area contributed by atoms with Crippen LogP contribution in [0.5, 0.6) is 0 Å². The highest BCUT2D eigenvalue weighted by Gasteiger charge is 2.19. The van der Waals surface area contributed by atoms with Crippen molar-refractivity contribution in [2.45, 2.75) is 6.10 Å². The first-order valence-electron chi connectivity index (χ1n) is 5.98. The zero-order valence-electron chi connectivity index (χ0n) is 10.5. The molecule has 1 fully saturated rings. The van der Waals surface area contributed by atoms with Crippen LogP contribution in [0.4, 0.5) is 5.69 Å². The normalized spacial score (nSPS) is 20.6. The highest BCUT2D eigenvalue weighted by molar-refractivity contribution is 5.89. The standard InChI is InChI=1S/C13H18N2O3/c1-15-6-7-17-12(8-15)9-18-13(16)10-2-4-11(14)5-3-10/h2-5,12H,6-9,14H2,1H3. The van der Waals surface area contributed by atoms with E-state index in [1.54, 1.807) is 24.3 Å². The Morgan fingerprint density at radius 1 is 1.50 bits per heavy atom. The van der Waals surface area contributed by atoms with E-state index in [2.05, 4.69) is 4.90 Å². The van der Waals surface area contributed by atoms with Gasteiger partial charge in [-0.3, -0.25) is 0 Å². The molecule has 1 aromatic carbocycles. The molecule has 5 heteroatoms. The van der Waals surface area contributed by atoms with Crippen LogP contribution in [0.1, 0.15) is 10.4 Å². The summed E-state index contributed by atoms with van der Waals surface area (Å²) in [5.41, 5.74) is 6.69. The quantitative estimate of drug-likeness (QED) is 0.633. The van der Waals surface area contributed by atoms with Gasteiger partial charge in [-0.25, -0.2) is 4.79 Å². The fraction of sp³-hybridized carbons (Fsp3) is 0.462. The largest absolute Gasteiger partial charge is 0.459 e. The highest BCUT2D eigenvalue weighted by atomic mass is 16.6. The van der Waals surface area contributed by atoms with Crippen LogP contribution in [0.2, 0.25) is 0 Å². The fourth-order valence-corrected chi connectivity index (χ4v) is 1.84. The van der Waals surface area contributed by atoms with Crippen LogP contribution in [0.15, 0.2) is 24.3 Å². The number of benzene rings is 1. The monoisotopic (exact) mass is 250 g/mol. The molecule has 1 heterocycles. The van der Waals surface area contributed by atoms with E-state index in [0.29, 0.717) is 17.9 Å². The second-order valence-corrected chi connectivity index (χ2v) is 4.48. The number of rotatable bonds is 3. The minimum atomic E-state index is -0.341. The van der Waals surface area contributed by atoms with Crippen LogP contribution in [0.25, 0.3) is 0 Å². The average Bonchev–Trinajstić information content (AvgIpc) is 2.37. The molecule has 2 rings (SSSR count). The van der Waals surface area contributed by atoms with Gasteiger partial charge >= 0.3 is 5.97 Å². The summed E-state index contributed by atoms with van der Waals surface area (Å²) in [6, 6.07) is 6.68. The van der Waals surface area contributed by atoms with Gasteiger partial charge in [0.1, 0.15) is 12.7 Å². The van der Waals surface area contributed by atoms with Gasteiger partial charge in [-0.2, -0.15) is 0 Å². The predicted octanol–water partition coefficient (Wildman–Crippen LogP) is 0.756. The van der Waals surface area contributed by atoms with Crippen molar-refractivity contribution < 1.29 is 14.3 Å². The summed E-state index contributed by atoms with van der Waals surface area (Å²) in [5, 5.41) is 0. The molecule has 98 valence electrons. The van der Waals surface area contributed by atoms with Gasteiger partial charge in [0, 0.05) is 18.8 Å². The molecule has 0 aromatic heterocycles. The third kappa shape index (κ3) is 3.45. The molecule has 1 aromatic rings. The number of hydrogen-bond acceptors (Lipinski definition) is 5. The van der Waals surface area contributed by atoms with Crippen molar-refractivity contribution in [1.82, 2.24) is 4.90 Å². The number of carbonyl (C=O) groups is 1. The van der Waals surface area contributed by atoms with Crippen LogP contribution in [-0.4, -0.2) is 50.3 Å². The van der Waals surface area contributed by atoms with Crippen molar-refractivity contribution in [1.29, 1.82) is 0 Å². The number of nitrogens with two attached hydrogens (primary N) is 1. The topological polar surface area (TPSA) is 64.8 Å². The smallest absolute Gasteiger partial charge is 0.338 e. The zero-order valence-corrected chi connectivity index (χ0v) is 10.5. The van der Waals surface area contributed by atoms with Crippen molar-refractivity contribution in [2.75, 3.05) is 39.1 Å². The van der Waals surface area contributed by atoms with E-state index in [4.69, 9.17) is 15.2 Å². The molecule has 1 unspecified atom stereocenters. The maximum atomic E-state index is 11.7. The lowest BCUT2D eigenvalue weighted by Gasteiger charge is -2.29. The fourth-order valence-electron chi connectivity index (χ4n) is 1.84. The predicted molar refractivity (Wildman–Crippen MR) is 68.4 cm³/mol. The summed E-state index contributed by atoms with van der Waals surface area (Å²) in [4.78, 5) is 13.9. The summed E-state index contributed by atoms with van der Waals surface area (Å²) in [6.45, 7) is 2.67. The van der Waals surface area contributed by atoms with Crippen LogP contribution in [0, 0.1) is 0 Å². The lowest BCUT2D eigenvalue weighted by atomic mass is 10.2. The molecule has 18 heavy (non-hydrogen) atoms. The third-order valence-electron chi connectivity index (χ3n) is 2.89. The van der Waals surface area contributed by atoms with Gasteiger partial charge in [-0.05, 0) is 31.3 Å². The SMILES string of the molecule is CN1CCOC(COC(=O)c2ccc(N)cc2)C1. The molecule has 0 spiro atoms. The molecule has 5 nitrogen and oxygen atoms in total. The lowest BCUT2D eigenvalue weighted by molar-refractivity contribution is -0.0528. The van der Waals surface area contributed by atoms with Gasteiger partial charge in [-0.1, -0.05) is 0 Å². The maximum Gasteiger partial charge on any atom is 0.338 e. The minimum absolute atomic E-state index is 0.0403. The molecule has 0 saturated carbocycles. The molecule has 0 radical (unpaired) electrons. The summed E-state index contributed by atoms with van der Waals surface area (Å²) in [5.74, 6) is -0.341. The van der Waals surface area contributed by atoms with E-state index in [1.165, 1.54) is 0 Å². The molecule has 0 bridgehead atoms.